The van der Waals surface area contributed by atoms with E-state index in [1.54, 1.807) is 0 Å². The predicted octanol–water partition coefficient (Wildman–Crippen LogP) is 2.53. The van der Waals surface area contributed by atoms with Gasteiger partial charge in [0.2, 0.25) is 0 Å². The molecule has 1 aromatic heterocycles. The highest BCUT2D eigenvalue weighted by atomic mass is 127. The van der Waals surface area contributed by atoms with Gasteiger partial charge in [0.05, 0.1) is 6.54 Å². The summed E-state index contributed by atoms with van der Waals surface area (Å²) in [6.45, 7) is 2.24. The molecule has 0 saturated carbocycles. The number of hydrogen-bond acceptors (Lipinski definition) is 3. The lowest BCUT2D eigenvalue weighted by Crippen LogP contribution is -2.22. The quantitative estimate of drug-likeness (QED) is 0.502. The van der Waals surface area contributed by atoms with E-state index in [0.717, 1.165) is 17.1 Å². The van der Waals surface area contributed by atoms with Gasteiger partial charge in [-0.15, -0.1) is 24.0 Å². The molecule has 5 nitrogen and oxygen atoms in total. The zero-order valence-electron chi connectivity index (χ0n) is 9.96. The number of para-hydroxylation sites is 1. The Labute approximate surface area is 122 Å². The second kappa shape index (κ2) is 7.00. The molecule has 1 heterocycles. The second-order valence-corrected chi connectivity index (χ2v) is 3.62. The van der Waals surface area contributed by atoms with E-state index in [-0.39, 0.29) is 24.0 Å². The van der Waals surface area contributed by atoms with E-state index in [2.05, 4.69) is 15.5 Å². The summed E-state index contributed by atoms with van der Waals surface area (Å²) >= 11 is 0. The van der Waals surface area contributed by atoms with Gasteiger partial charge in [-0.25, -0.2) is 4.99 Å². The molecule has 0 aliphatic rings. The molecule has 0 aliphatic heterocycles. The van der Waals surface area contributed by atoms with E-state index >= 15 is 0 Å². The first-order valence-corrected chi connectivity index (χ1v) is 5.28. The number of rotatable bonds is 3. The molecule has 3 N–H and O–H groups in total. The number of nitrogens with two attached hydrogens (primary N) is 1. The summed E-state index contributed by atoms with van der Waals surface area (Å²) in [6, 6.07) is 11.5. The van der Waals surface area contributed by atoms with Gasteiger partial charge in [-0.05, 0) is 19.1 Å². The van der Waals surface area contributed by atoms with Gasteiger partial charge in [0.1, 0.15) is 11.5 Å². The lowest BCUT2D eigenvalue weighted by Gasteiger charge is -2.03. The number of aliphatic imine (C=N–C) groups is 1. The fraction of sp³-hybridized carbons (Fsp3) is 0.167. The summed E-state index contributed by atoms with van der Waals surface area (Å²) in [5.74, 6) is 1.13. The Morgan fingerprint density at radius 1 is 1.39 bits per heavy atom. The third-order valence-electron chi connectivity index (χ3n) is 2.13. The smallest absolute Gasteiger partial charge is 0.193 e. The molecule has 0 fully saturated rings. The molecule has 18 heavy (non-hydrogen) atoms. The number of nitrogens with zero attached hydrogens (tertiary/aromatic N) is 2. The van der Waals surface area contributed by atoms with E-state index in [9.17, 15) is 0 Å². The van der Waals surface area contributed by atoms with Crippen LogP contribution < -0.4 is 11.1 Å². The van der Waals surface area contributed by atoms with Crippen molar-refractivity contribution in [1.29, 1.82) is 0 Å². The zero-order chi connectivity index (χ0) is 12.1. The van der Waals surface area contributed by atoms with Gasteiger partial charge in [-0.1, -0.05) is 23.4 Å². The van der Waals surface area contributed by atoms with E-state index in [1.165, 1.54) is 0 Å². The van der Waals surface area contributed by atoms with Gasteiger partial charge >= 0.3 is 0 Å². The van der Waals surface area contributed by atoms with Crippen LogP contribution in [0.3, 0.4) is 0 Å². The first kappa shape index (κ1) is 14.5. The maximum absolute atomic E-state index is 5.74. The lowest BCUT2D eigenvalue weighted by atomic mass is 10.3. The summed E-state index contributed by atoms with van der Waals surface area (Å²) in [7, 11) is 0. The molecular weight excluding hydrogens is 343 g/mol. The van der Waals surface area contributed by atoms with Gasteiger partial charge in [0, 0.05) is 11.8 Å². The molecule has 2 aromatic rings. The summed E-state index contributed by atoms with van der Waals surface area (Å²) in [5, 5.41) is 6.82. The monoisotopic (exact) mass is 358 g/mol. The first-order chi connectivity index (χ1) is 8.24. The molecule has 0 spiro atoms. The maximum Gasteiger partial charge on any atom is 0.193 e. The van der Waals surface area contributed by atoms with E-state index in [4.69, 9.17) is 10.3 Å². The minimum atomic E-state index is 0. The molecule has 0 unspecified atom stereocenters. The topological polar surface area (TPSA) is 76.4 Å². The zero-order valence-corrected chi connectivity index (χ0v) is 12.3. The van der Waals surface area contributed by atoms with Gasteiger partial charge in [-0.3, -0.25) is 0 Å². The molecule has 0 atom stereocenters. The van der Waals surface area contributed by atoms with Crippen LogP contribution in [0.1, 0.15) is 11.5 Å². The normalized spacial score (nSPS) is 10.8. The second-order valence-electron chi connectivity index (χ2n) is 3.62. The number of guanidine groups is 1. The fourth-order valence-corrected chi connectivity index (χ4v) is 1.37. The van der Waals surface area contributed by atoms with Crippen molar-refractivity contribution >= 4 is 35.6 Å². The van der Waals surface area contributed by atoms with Gasteiger partial charge in [0.25, 0.3) is 0 Å². The van der Waals surface area contributed by atoms with Crippen molar-refractivity contribution in [1.82, 2.24) is 5.16 Å². The maximum atomic E-state index is 5.74. The molecule has 0 aliphatic carbocycles. The minimum absolute atomic E-state index is 0. The number of hydrogen-bond donors (Lipinski definition) is 2. The number of aryl methyl sites for hydroxylation is 1. The van der Waals surface area contributed by atoms with Crippen LogP contribution >= 0.6 is 24.0 Å². The molecule has 2 rings (SSSR count). The average Bonchev–Trinajstić information content (AvgIpc) is 2.74. The molecule has 1 aromatic carbocycles. The SMILES string of the molecule is Cc1cc(CN=C(N)Nc2ccccc2)no1.I. The Kier molecular flexibility index (Phi) is 5.63. The Hall–Kier alpha value is -1.57. The predicted molar refractivity (Wildman–Crippen MR) is 82.0 cm³/mol. The lowest BCUT2D eigenvalue weighted by molar-refractivity contribution is 0.391. The summed E-state index contributed by atoms with van der Waals surface area (Å²) in [6.07, 6.45) is 0. The van der Waals surface area contributed by atoms with Crippen molar-refractivity contribution < 1.29 is 4.52 Å². The van der Waals surface area contributed by atoms with Crippen LogP contribution in [0.2, 0.25) is 0 Å². The van der Waals surface area contributed by atoms with Crippen LogP contribution in [0.5, 0.6) is 0 Å². The molecule has 0 saturated heterocycles. The van der Waals surface area contributed by atoms with E-state index in [1.807, 2.05) is 43.3 Å². The number of nitrogens with one attached hydrogen (secondary N) is 1. The van der Waals surface area contributed by atoms with Crippen molar-refractivity contribution in [3.05, 3.63) is 47.9 Å². The van der Waals surface area contributed by atoms with Crippen molar-refractivity contribution in [3.8, 4) is 0 Å². The van der Waals surface area contributed by atoms with Crippen LogP contribution in [0.25, 0.3) is 0 Å². The number of aromatic nitrogens is 1. The number of halogens is 1. The fourth-order valence-electron chi connectivity index (χ4n) is 1.37. The highest BCUT2D eigenvalue weighted by Gasteiger charge is 1.99. The summed E-state index contributed by atoms with van der Waals surface area (Å²) in [5.41, 5.74) is 7.41. The van der Waals surface area contributed by atoms with Crippen molar-refractivity contribution in [3.63, 3.8) is 0 Å². The van der Waals surface area contributed by atoms with Gasteiger partial charge < -0.3 is 15.6 Å². The Morgan fingerprint density at radius 3 is 2.72 bits per heavy atom. The summed E-state index contributed by atoms with van der Waals surface area (Å²) in [4.78, 5) is 4.16. The van der Waals surface area contributed by atoms with Crippen LogP contribution in [-0.4, -0.2) is 11.1 Å². The molecule has 0 bridgehead atoms. The van der Waals surface area contributed by atoms with Crippen LogP contribution in [0, 0.1) is 6.92 Å². The van der Waals surface area contributed by atoms with Crippen LogP contribution in [0.4, 0.5) is 5.69 Å². The Morgan fingerprint density at radius 2 is 2.11 bits per heavy atom. The Bertz CT molecular complexity index is 510. The first-order valence-electron chi connectivity index (χ1n) is 5.28. The van der Waals surface area contributed by atoms with Gasteiger partial charge in [-0.2, -0.15) is 0 Å². The highest BCUT2D eigenvalue weighted by Crippen LogP contribution is 2.05. The number of anilines is 1. The standard InChI is InChI=1S/C12H14N4O.HI/c1-9-7-11(16-17-9)8-14-12(13)15-10-5-3-2-4-6-10;/h2-7H,8H2,1H3,(H3,13,14,15);1H. The molecule has 96 valence electrons. The third kappa shape index (κ3) is 4.36. The van der Waals surface area contributed by atoms with Crippen molar-refractivity contribution in [2.24, 2.45) is 10.7 Å². The minimum Gasteiger partial charge on any atom is -0.370 e. The molecule has 0 amide bonds. The average molecular weight is 358 g/mol. The summed E-state index contributed by atoms with van der Waals surface area (Å²) < 4.78 is 4.93. The van der Waals surface area contributed by atoms with E-state index in [0.29, 0.717) is 12.5 Å². The largest absolute Gasteiger partial charge is 0.370 e. The van der Waals surface area contributed by atoms with Crippen molar-refractivity contribution in [2.45, 2.75) is 13.5 Å². The Balaban J connectivity index is 0.00000162. The molecule has 6 heteroatoms. The van der Waals surface area contributed by atoms with Crippen LogP contribution in [0.15, 0.2) is 45.9 Å². The molecule has 0 radical (unpaired) electrons. The van der Waals surface area contributed by atoms with Crippen molar-refractivity contribution in [2.75, 3.05) is 5.32 Å². The van der Waals surface area contributed by atoms with Crippen LogP contribution in [-0.2, 0) is 6.54 Å². The number of benzene rings is 1. The van der Waals surface area contributed by atoms with E-state index < -0.39 is 0 Å². The third-order valence-corrected chi connectivity index (χ3v) is 2.13. The molecular formula is C12H15IN4O. The van der Waals surface area contributed by atoms with Gasteiger partial charge in [0.15, 0.2) is 5.96 Å². The highest BCUT2D eigenvalue weighted by molar-refractivity contribution is 14.0.